The molecule has 0 atom stereocenters. The molecule has 72 valence electrons. The molecule has 0 saturated heterocycles. The molecule has 0 radical (unpaired) electrons. The normalized spacial score (nSPS) is 10.5. The van der Waals surface area contributed by atoms with E-state index in [1.54, 1.807) is 11.6 Å². The molecule has 0 saturated carbocycles. The molecule has 4 heteroatoms. The fourth-order valence-corrected chi connectivity index (χ4v) is 1.61. The number of carbonyl (C=O) groups is 1. The van der Waals surface area contributed by atoms with E-state index in [1.807, 2.05) is 25.5 Å². The van der Waals surface area contributed by atoms with Crippen LogP contribution in [0.3, 0.4) is 0 Å². The van der Waals surface area contributed by atoms with Gasteiger partial charge in [0.15, 0.2) is 5.69 Å². The highest BCUT2D eigenvalue weighted by Gasteiger charge is 2.27. The number of aromatic carboxylic acids is 1. The van der Waals surface area contributed by atoms with Crippen molar-refractivity contribution in [3.8, 4) is 0 Å². The highest BCUT2D eigenvalue weighted by atomic mass is 16.4. The lowest BCUT2D eigenvalue weighted by atomic mass is 10.2. The highest BCUT2D eigenvalue weighted by molar-refractivity contribution is 5.86. The average Bonchev–Trinajstić information content (AvgIpc) is 2.29. The molecule has 0 bridgehead atoms. The van der Waals surface area contributed by atoms with Gasteiger partial charge >= 0.3 is 5.97 Å². The van der Waals surface area contributed by atoms with Crippen molar-refractivity contribution in [1.29, 1.82) is 0 Å². The molecule has 0 aliphatic carbocycles. The van der Waals surface area contributed by atoms with Crippen LogP contribution >= 0.6 is 0 Å². The van der Waals surface area contributed by atoms with Crippen molar-refractivity contribution < 1.29 is 14.5 Å². The van der Waals surface area contributed by atoms with Crippen molar-refractivity contribution in [1.82, 2.24) is 4.57 Å². The third kappa shape index (κ3) is 1.32. The molecule has 1 rings (SSSR count). The van der Waals surface area contributed by atoms with Crippen molar-refractivity contribution in [3.63, 3.8) is 0 Å². The van der Waals surface area contributed by atoms with Crippen LogP contribution in [0, 0.1) is 6.92 Å². The second-order valence-corrected chi connectivity index (χ2v) is 3.12. The number of carboxylic acids is 1. The Hall–Kier alpha value is -1.32. The zero-order valence-electron chi connectivity index (χ0n) is 8.46. The summed E-state index contributed by atoms with van der Waals surface area (Å²) in [5.74, 6) is 0.0947. The quantitative estimate of drug-likeness (QED) is 0.675. The Morgan fingerprint density at radius 1 is 1.62 bits per heavy atom. The van der Waals surface area contributed by atoms with Crippen molar-refractivity contribution in [3.05, 3.63) is 17.2 Å². The molecule has 1 aromatic rings. The number of nitrogens with zero attached hydrogens (tertiary/aromatic N) is 2. The van der Waals surface area contributed by atoms with Crippen molar-refractivity contribution in [2.45, 2.75) is 20.3 Å². The fraction of sp³-hybridized carbons (Fsp3) is 0.556. The van der Waals surface area contributed by atoms with Crippen LogP contribution < -0.4 is 4.57 Å². The summed E-state index contributed by atoms with van der Waals surface area (Å²) < 4.78 is 3.63. The number of hydrogen-bond acceptors (Lipinski definition) is 1. The van der Waals surface area contributed by atoms with Crippen LogP contribution in [0.1, 0.15) is 28.9 Å². The number of imidazole rings is 1. The number of hydrogen-bond donors (Lipinski definition) is 1. The molecule has 0 aliphatic heterocycles. The summed E-state index contributed by atoms with van der Waals surface area (Å²) >= 11 is 0. The van der Waals surface area contributed by atoms with Crippen LogP contribution in [-0.4, -0.2) is 15.6 Å². The Labute approximate surface area is 77.4 Å². The summed E-state index contributed by atoms with van der Waals surface area (Å²) in [7, 11) is 3.67. The standard InChI is InChI=1S/C9H14N2O2/c1-5-7-8(9(12)13)11(4)6(2)10(7)3/h5H2,1-4H3/p+1. The third-order valence-corrected chi connectivity index (χ3v) is 2.52. The average molecular weight is 183 g/mol. The zero-order chi connectivity index (χ0) is 10.2. The SMILES string of the molecule is CCc1c(C(=O)O)n(C)c(C)[n+]1C. The van der Waals surface area contributed by atoms with E-state index in [0.717, 1.165) is 17.9 Å². The van der Waals surface area contributed by atoms with E-state index < -0.39 is 5.97 Å². The monoisotopic (exact) mass is 183 g/mol. The van der Waals surface area contributed by atoms with Gasteiger partial charge in [-0.25, -0.2) is 13.9 Å². The first-order valence-electron chi connectivity index (χ1n) is 4.28. The third-order valence-electron chi connectivity index (χ3n) is 2.52. The van der Waals surface area contributed by atoms with E-state index in [-0.39, 0.29) is 0 Å². The molecule has 0 aromatic carbocycles. The molecule has 13 heavy (non-hydrogen) atoms. The maximum atomic E-state index is 10.9. The zero-order valence-corrected chi connectivity index (χ0v) is 8.46. The number of carboxylic acid groups (broad SMARTS) is 1. The van der Waals surface area contributed by atoms with E-state index in [4.69, 9.17) is 5.11 Å². The molecule has 0 amide bonds. The molecule has 0 aliphatic rings. The van der Waals surface area contributed by atoms with Gasteiger partial charge in [-0.2, -0.15) is 0 Å². The van der Waals surface area contributed by atoms with Gasteiger partial charge < -0.3 is 5.11 Å². The van der Waals surface area contributed by atoms with Crippen molar-refractivity contribution >= 4 is 5.97 Å². The first-order valence-corrected chi connectivity index (χ1v) is 4.28. The highest BCUT2D eigenvalue weighted by Crippen LogP contribution is 2.07. The smallest absolute Gasteiger partial charge is 0.380 e. The number of rotatable bonds is 2. The largest absolute Gasteiger partial charge is 0.475 e. The van der Waals surface area contributed by atoms with E-state index in [9.17, 15) is 4.79 Å². The molecule has 0 unspecified atom stereocenters. The van der Waals surface area contributed by atoms with Gasteiger partial charge in [0.2, 0.25) is 0 Å². The van der Waals surface area contributed by atoms with Gasteiger partial charge in [0.25, 0.3) is 11.5 Å². The Kier molecular flexibility index (Phi) is 2.40. The lowest BCUT2D eigenvalue weighted by molar-refractivity contribution is -0.684. The van der Waals surface area contributed by atoms with Crippen molar-refractivity contribution in [2.75, 3.05) is 0 Å². The second-order valence-electron chi connectivity index (χ2n) is 3.12. The molecule has 4 nitrogen and oxygen atoms in total. The summed E-state index contributed by atoms with van der Waals surface area (Å²) in [5, 5.41) is 8.98. The van der Waals surface area contributed by atoms with Crippen LogP contribution in [-0.2, 0) is 20.5 Å². The van der Waals surface area contributed by atoms with Crippen molar-refractivity contribution in [2.24, 2.45) is 14.1 Å². The van der Waals surface area contributed by atoms with Gasteiger partial charge in [-0.05, 0) is 0 Å². The first-order chi connectivity index (χ1) is 6.00. The molecular formula is C9H15N2O2+. The summed E-state index contributed by atoms with van der Waals surface area (Å²) in [4.78, 5) is 10.9. The second kappa shape index (κ2) is 3.20. The van der Waals surface area contributed by atoms with Gasteiger partial charge in [0, 0.05) is 13.3 Å². The van der Waals surface area contributed by atoms with E-state index in [0.29, 0.717) is 5.69 Å². The van der Waals surface area contributed by atoms with E-state index in [2.05, 4.69) is 0 Å². The Morgan fingerprint density at radius 3 is 2.46 bits per heavy atom. The first kappa shape index (κ1) is 9.77. The summed E-state index contributed by atoms with van der Waals surface area (Å²) in [6.07, 6.45) is 0.736. The Balaban J connectivity index is 3.48. The van der Waals surface area contributed by atoms with E-state index in [1.165, 1.54) is 0 Å². The predicted molar refractivity (Wildman–Crippen MR) is 47.7 cm³/mol. The van der Waals surface area contributed by atoms with E-state index >= 15 is 0 Å². The van der Waals surface area contributed by atoms with Crippen LogP contribution in [0.15, 0.2) is 0 Å². The minimum Gasteiger partial charge on any atom is -0.475 e. The van der Waals surface area contributed by atoms with Gasteiger partial charge in [0.1, 0.15) is 0 Å². The minimum absolute atomic E-state index is 0.391. The lowest BCUT2D eigenvalue weighted by Crippen LogP contribution is -2.34. The summed E-state index contributed by atoms with van der Waals surface area (Å²) in [5.41, 5.74) is 1.26. The molecule has 0 spiro atoms. The molecular weight excluding hydrogens is 168 g/mol. The van der Waals surface area contributed by atoms with Crippen LogP contribution in [0.25, 0.3) is 0 Å². The lowest BCUT2D eigenvalue weighted by Gasteiger charge is -1.92. The van der Waals surface area contributed by atoms with Crippen LogP contribution in [0.4, 0.5) is 0 Å². The summed E-state index contributed by atoms with van der Waals surface area (Å²) in [6, 6.07) is 0. The van der Waals surface area contributed by atoms with Gasteiger partial charge in [0.05, 0.1) is 14.1 Å². The summed E-state index contributed by atoms with van der Waals surface area (Å²) in [6.45, 7) is 3.87. The number of aromatic nitrogens is 2. The minimum atomic E-state index is -0.858. The topological polar surface area (TPSA) is 46.1 Å². The molecule has 0 fully saturated rings. The Bertz CT molecular complexity index is 353. The van der Waals surface area contributed by atoms with Gasteiger partial charge in [-0.3, -0.25) is 0 Å². The van der Waals surface area contributed by atoms with Crippen LogP contribution in [0.2, 0.25) is 0 Å². The maximum Gasteiger partial charge on any atom is 0.380 e. The van der Waals surface area contributed by atoms with Crippen LogP contribution in [0.5, 0.6) is 0 Å². The maximum absolute atomic E-state index is 10.9. The predicted octanol–water partition coefficient (Wildman–Crippen LogP) is 0.419. The fourth-order valence-electron chi connectivity index (χ4n) is 1.61. The Morgan fingerprint density at radius 2 is 2.15 bits per heavy atom. The van der Waals surface area contributed by atoms with Gasteiger partial charge in [-0.15, -0.1) is 0 Å². The molecule has 1 aromatic heterocycles. The van der Waals surface area contributed by atoms with Gasteiger partial charge in [-0.1, -0.05) is 6.92 Å². The molecule has 1 heterocycles. The molecule has 1 N–H and O–H groups in total.